The van der Waals surface area contributed by atoms with Crippen LogP contribution in [0.15, 0.2) is 0 Å². The molecule has 4 nitrogen and oxygen atoms in total. The van der Waals surface area contributed by atoms with E-state index in [9.17, 15) is 9.59 Å². The Labute approximate surface area is 66.8 Å². The fourth-order valence-corrected chi connectivity index (χ4v) is 0.796. The van der Waals surface area contributed by atoms with E-state index < -0.39 is 17.1 Å². The molecule has 0 rings (SSSR count). The van der Waals surface area contributed by atoms with Gasteiger partial charge in [-0.2, -0.15) is 0 Å². The van der Waals surface area contributed by atoms with Crippen LogP contribution in [0.25, 0.3) is 0 Å². The molecule has 0 fully saturated rings. The Morgan fingerprint density at radius 2 is 1.91 bits per heavy atom. The Hall–Kier alpha value is -0.630. The lowest BCUT2D eigenvalue weighted by molar-refractivity contribution is -0.146. The van der Waals surface area contributed by atoms with Crippen LogP contribution < -0.4 is 0 Å². The molecule has 0 bridgehead atoms. The highest BCUT2D eigenvalue weighted by molar-refractivity contribution is 7.21. The van der Waals surface area contributed by atoms with Crippen LogP contribution in [0.4, 0.5) is 0 Å². The maximum Gasteiger partial charge on any atom is 0.314 e. The Kier molecular flexibility index (Phi) is 3.46. The van der Waals surface area contributed by atoms with Crippen molar-refractivity contribution in [1.29, 1.82) is 0 Å². The van der Waals surface area contributed by atoms with E-state index in [1.807, 2.05) is 0 Å². The van der Waals surface area contributed by atoms with Gasteiger partial charge in [0.2, 0.25) is 0 Å². The summed E-state index contributed by atoms with van der Waals surface area (Å²) in [4.78, 5) is 20.7. The van der Waals surface area contributed by atoms with E-state index in [1.54, 1.807) is 6.92 Å². The molecule has 0 aromatic heterocycles. The highest BCUT2D eigenvalue weighted by Gasteiger charge is 2.33. The Bertz CT molecular complexity index is 179. The van der Waals surface area contributed by atoms with Crippen molar-refractivity contribution >= 4 is 21.2 Å². The highest BCUT2D eigenvalue weighted by Crippen LogP contribution is 2.26. The van der Waals surface area contributed by atoms with Crippen LogP contribution in [-0.4, -0.2) is 27.3 Å². The largest absolute Gasteiger partial charge is 0.481 e. The highest BCUT2D eigenvalue weighted by atomic mass is 31.0. The fourth-order valence-electron chi connectivity index (χ4n) is 0.622. The molecule has 0 spiro atoms. The normalized spacial score (nSPS) is 15.5. The lowest BCUT2D eigenvalue weighted by Gasteiger charge is -2.19. The van der Waals surface area contributed by atoms with Gasteiger partial charge in [0.1, 0.15) is 0 Å². The van der Waals surface area contributed by atoms with E-state index >= 15 is 0 Å². The molecule has 2 unspecified atom stereocenters. The topological polar surface area (TPSA) is 74.6 Å². The number of carbonyl (C=O) groups is 2. The summed E-state index contributed by atoms with van der Waals surface area (Å²) in [5, 5.41) is 15.7. The summed E-state index contributed by atoms with van der Waals surface area (Å²) >= 11 is 0. The minimum atomic E-state index is -1.20. The lowest BCUT2D eigenvalue weighted by atomic mass is 10.0. The second-order valence-electron chi connectivity index (χ2n) is 2.39. The maximum absolute atomic E-state index is 10.5. The van der Waals surface area contributed by atoms with E-state index in [4.69, 9.17) is 10.2 Å². The molecule has 5 heteroatoms. The predicted octanol–water partition coefficient (Wildman–Crippen LogP) is 0.570. The smallest absolute Gasteiger partial charge is 0.314 e. The third kappa shape index (κ3) is 2.85. The molecule has 0 aromatic carbocycles. The quantitative estimate of drug-likeness (QED) is 0.617. The molecule has 11 heavy (non-hydrogen) atoms. The first kappa shape index (κ1) is 10.4. The van der Waals surface area contributed by atoms with Gasteiger partial charge in [-0.05, 0) is 6.42 Å². The van der Waals surface area contributed by atoms with E-state index in [0.717, 1.165) is 0 Å². The molecular weight excluding hydrogens is 167 g/mol. The summed E-state index contributed by atoms with van der Waals surface area (Å²) in [7, 11) is 2.07. The molecule has 0 heterocycles. The van der Waals surface area contributed by atoms with Crippen molar-refractivity contribution < 1.29 is 19.8 Å². The van der Waals surface area contributed by atoms with Gasteiger partial charge in [-0.15, -0.1) is 9.24 Å². The van der Waals surface area contributed by atoms with E-state index in [-0.39, 0.29) is 6.42 Å². The Balaban J connectivity index is 4.34. The zero-order chi connectivity index (χ0) is 9.07. The average molecular weight is 178 g/mol. The van der Waals surface area contributed by atoms with Gasteiger partial charge in [0.15, 0.2) is 0 Å². The second kappa shape index (κ2) is 3.67. The third-order valence-electron chi connectivity index (χ3n) is 1.52. The van der Waals surface area contributed by atoms with Crippen molar-refractivity contribution in [2.24, 2.45) is 0 Å². The van der Waals surface area contributed by atoms with Crippen molar-refractivity contribution in [3.8, 4) is 0 Å². The lowest BCUT2D eigenvalue weighted by Crippen LogP contribution is -2.33. The molecule has 0 aliphatic heterocycles. The summed E-state index contributed by atoms with van der Waals surface area (Å²) < 4.78 is 0. The monoisotopic (exact) mass is 178 g/mol. The molecule has 0 aliphatic carbocycles. The minimum absolute atomic E-state index is 0.291. The van der Waals surface area contributed by atoms with Crippen molar-refractivity contribution in [3.63, 3.8) is 0 Å². The Morgan fingerprint density at radius 1 is 1.45 bits per heavy atom. The minimum Gasteiger partial charge on any atom is -0.481 e. The van der Waals surface area contributed by atoms with Crippen molar-refractivity contribution in [3.05, 3.63) is 0 Å². The molecule has 0 saturated heterocycles. The van der Waals surface area contributed by atoms with Crippen LogP contribution in [0.3, 0.4) is 0 Å². The van der Waals surface area contributed by atoms with Crippen molar-refractivity contribution in [1.82, 2.24) is 0 Å². The van der Waals surface area contributed by atoms with E-state index in [2.05, 4.69) is 9.24 Å². The van der Waals surface area contributed by atoms with Gasteiger partial charge < -0.3 is 10.2 Å². The van der Waals surface area contributed by atoms with Gasteiger partial charge in [0.05, 0.1) is 11.6 Å². The molecule has 64 valence electrons. The maximum atomic E-state index is 10.5. The number of carboxylic acids is 2. The molecule has 2 atom stereocenters. The predicted molar refractivity (Wildman–Crippen MR) is 42.6 cm³/mol. The van der Waals surface area contributed by atoms with Gasteiger partial charge in [-0.1, -0.05) is 6.92 Å². The van der Waals surface area contributed by atoms with Crippen LogP contribution in [0.5, 0.6) is 0 Å². The van der Waals surface area contributed by atoms with Gasteiger partial charge in [0.25, 0.3) is 0 Å². The Morgan fingerprint density at radius 3 is 2.00 bits per heavy atom. The molecular formula is C6H11O4P. The summed E-state index contributed by atoms with van der Waals surface area (Å²) in [5.74, 6) is -2.18. The molecule has 0 radical (unpaired) electrons. The van der Waals surface area contributed by atoms with E-state index in [1.165, 1.54) is 0 Å². The van der Waals surface area contributed by atoms with E-state index in [0.29, 0.717) is 6.42 Å². The van der Waals surface area contributed by atoms with Gasteiger partial charge >= 0.3 is 11.9 Å². The molecule has 0 aliphatic rings. The number of hydrogen-bond donors (Lipinski definition) is 2. The molecule has 2 N–H and O–H groups in total. The van der Waals surface area contributed by atoms with Gasteiger partial charge in [-0.3, -0.25) is 9.59 Å². The summed E-state index contributed by atoms with van der Waals surface area (Å²) in [6.07, 6.45) is -0.0667. The molecule has 0 amide bonds. The van der Waals surface area contributed by atoms with Crippen LogP contribution in [-0.2, 0) is 9.59 Å². The van der Waals surface area contributed by atoms with Crippen molar-refractivity contribution in [2.45, 2.75) is 24.9 Å². The summed E-state index contributed by atoms with van der Waals surface area (Å²) in [6, 6.07) is 0. The SMILES string of the molecule is CCC(P)(CC(=O)O)C(=O)O. The van der Waals surface area contributed by atoms with Crippen LogP contribution in [0, 0.1) is 0 Å². The zero-order valence-electron chi connectivity index (χ0n) is 6.20. The first-order valence-electron chi connectivity index (χ1n) is 3.16. The zero-order valence-corrected chi connectivity index (χ0v) is 7.36. The number of aliphatic carboxylic acids is 2. The van der Waals surface area contributed by atoms with Crippen molar-refractivity contribution in [2.75, 3.05) is 0 Å². The van der Waals surface area contributed by atoms with Gasteiger partial charge in [-0.25, -0.2) is 0 Å². The number of carboxylic acid groups (broad SMARTS) is 2. The molecule has 0 aromatic rings. The van der Waals surface area contributed by atoms with Crippen LogP contribution in [0.2, 0.25) is 0 Å². The molecule has 0 saturated carbocycles. The van der Waals surface area contributed by atoms with Crippen LogP contribution in [0.1, 0.15) is 19.8 Å². The third-order valence-corrected chi connectivity index (χ3v) is 2.38. The fraction of sp³-hybridized carbons (Fsp3) is 0.667. The summed E-state index contributed by atoms with van der Waals surface area (Å²) in [5.41, 5.74) is 0. The first-order valence-corrected chi connectivity index (χ1v) is 3.74. The average Bonchev–Trinajstić information content (AvgIpc) is 1.86. The van der Waals surface area contributed by atoms with Gasteiger partial charge in [0, 0.05) is 0 Å². The second-order valence-corrected chi connectivity index (χ2v) is 3.49. The first-order chi connectivity index (χ1) is 4.92. The standard InChI is InChI=1S/C6H11O4P/c1-2-6(11,5(9)10)3-4(7)8/h2-3,11H2,1H3,(H,7,8)(H,9,10). The summed E-state index contributed by atoms with van der Waals surface area (Å²) in [6.45, 7) is 1.64. The number of rotatable bonds is 4. The van der Waals surface area contributed by atoms with Crippen LogP contribution >= 0.6 is 9.24 Å². The number of hydrogen-bond acceptors (Lipinski definition) is 2.